The quantitative estimate of drug-likeness (QED) is 0.375. The Morgan fingerprint density at radius 1 is 0.870 bits per heavy atom. The fraction of sp³-hybridized carbons (Fsp3) is 0.444. The molecule has 0 N–H and O–H groups in total. The van der Waals surface area contributed by atoms with Gasteiger partial charge in [-0.2, -0.15) is 8.42 Å². The Hall–Kier alpha value is 0.246. The summed E-state index contributed by atoms with van der Waals surface area (Å²) in [5.41, 5.74) is 0. The number of fused-ring (bicyclic) bond motifs is 1. The Morgan fingerprint density at radius 2 is 1.52 bits per heavy atom. The van der Waals surface area contributed by atoms with Crippen LogP contribution in [0.3, 0.4) is 0 Å². The smallest absolute Gasteiger partial charge is 0.266 e. The molecule has 2 aromatic rings. The largest absolute Gasteiger partial charge is 0.297 e. The molecule has 2 rings (SSSR count). The van der Waals surface area contributed by atoms with Crippen LogP contribution < -0.4 is 0 Å². The maximum Gasteiger partial charge on any atom is 0.297 e. The zero-order valence-corrected chi connectivity index (χ0v) is 18.1. The standard InChI is InChI=1S/C18H24O3S.K/c1-2-3-4-5-6-9-15-21-22(19,20)18-14-10-12-16-11-7-8-13-17(16)18;/h7-8,10-14H,2-6,9,15H2,1H3;. The van der Waals surface area contributed by atoms with Gasteiger partial charge in [0.15, 0.2) is 0 Å². The van der Waals surface area contributed by atoms with E-state index in [-0.39, 0.29) is 62.9 Å². The van der Waals surface area contributed by atoms with Gasteiger partial charge in [-0.3, -0.25) is 4.18 Å². The van der Waals surface area contributed by atoms with Crippen molar-refractivity contribution in [3.05, 3.63) is 42.5 Å². The van der Waals surface area contributed by atoms with Crippen molar-refractivity contribution >= 4 is 72.3 Å². The molecule has 0 aliphatic heterocycles. The van der Waals surface area contributed by atoms with E-state index in [0.29, 0.717) is 5.39 Å². The summed E-state index contributed by atoms with van der Waals surface area (Å²) in [6.45, 7) is 2.44. The van der Waals surface area contributed by atoms with Gasteiger partial charge in [-0.15, -0.1) is 0 Å². The topological polar surface area (TPSA) is 43.4 Å². The first-order valence-electron chi connectivity index (χ1n) is 8.02. The number of hydrogen-bond donors (Lipinski definition) is 0. The molecule has 0 heterocycles. The molecule has 23 heavy (non-hydrogen) atoms. The Balaban J connectivity index is 0.00000264. The normalized spacial score (nSPS) is 11.3. The van der Waals surface area contributed by atoms with Crippen LogP contribution in [0.15, 0.2) is 47.4 Å². The molecule has 0 aliphatic rings. The second-order valence-corrected chi connectivity index (χ2v) is 7.10. The summed E-state index contributed by atoms with van der Waals surface area (Å²) in [7, 11) is -3.68. The molecule has 0 aliphatic carbocycles. The fourth-order valence-electron chi connectivity index (χ4n) is 2.53. The van der Waals surface area contributed by atoms with Gasteiger partial charge in [0.05, 0.1) is 6.61 Å². The van der Waals surface area contributed by atoms with E-state index in [4.69, 9.17) is 4.18 Å². The molecular formula is C18H24KO3S. The van der Waals surface area contributed by atoms with Crippen LogP contribution in [0.2, 0.25) is 0 Å². The van der Waals surface area contributed by atoms with Crippen molar-refractivity contribution in [2.45, 2.75) is 50.3 Å². The number of unbranched alkanes of at least 4 members (excludes halogenated alkanes) is 5. The molecule has 0 unspecified atom stereocenters. The number of hydrogen-bond acceptors (Lipinski definition) is 3. The Bertz CT molecular complexity index is 693. The van der Waals surface area contributed by atoms with Crippen molar-refractivity contribution < 1.29 is 12.6 Å². The minimum absolute atomic E-state index is 0. The summed E-state index contributed by atoms with van der Waals surface area (Å²) >= 11 is 0. The molecule has 2 aromatic carbocycles. The van der Waals surface area contributed by atoms with E-state index < -0.39 is 10.1 Å². The molecule has 0 fully saturated rings. The van der Waals surface area contributed by atoms with Crippen LogP contribution >= 0.6 is 0 Å². The van der Waals surface area contributed by atoms with Gasteiger partial charge in [-0.1, -0.05) is 75.4 Å². The van der Waals surface area contributed by atoms with Gasteiger partial charge >= 0.3 is 0 Å². The number of rotatable bonds is 9. The Morgan fingerprint density at radius 3 is 2.30 bits per heavy atom. The Kier molecular flexibility index (Phi) is 10.2. The van der Waals surface area contributed by atoms with Crippen molar-refractivity contribution in [1.82, 2.24) is 0 Å². The fourth-order valence-corrected chi connectivity index (χ4v) is 3.69. The van der Waals surface area contributed by atoms with Crippen LogP contribution in [0.1, 0.15) is 45.4 Å². The Labute approximate surface area is 182 Å². The summed E-state index contributed by atoms with van der Waals surface area (Å²) in [6, 6.07) is 12.7. The molecule has 3 nitrogen and oxygen atoms in total. The first-order chi connectivity index (χ1) is 10.6. The average Bonchev–Trinajstić information content (AvgIpc) is 2.53. The van der Waals surface area contributed by atoms with Crippen LogP contribution in [0.25, 0.3) is 10.8 Å². The third-order valence-electron chi connectivity index (χ3n) is 3.76. The number of benzene rings is 2. The van der Waals surface area contributed by atoms with E-state index in [1.165, 1.54) is 19.3 Å². The van der Waals surface area contributed by atoms with E-state index in [1.807, 2.05) is 30.3 Å². The van der Waals surface area contributed by atoms with Crippen LogP contribution in [0, 0.1) is 0 Å². The van der Waals surface area contributed by atoms with Gasteiger partial charge in [0, 0.05) is 56.8 Å². The maximum atomic E-state index is 12.4. The van der Waals surface area contributed by atoms with Crippen molar-refractivity contribution in [3.63, 3.8) is 0 Å². The van der Waals surface area contributed by atoms with E-state index in [9.17, 15) is 8.42 Å². The average molecular weight is 360 g/mol. The van der Waals surface area contributed by atoms with Crippen molar-refractivity contribution in [3.8, 4) is 0 Å². The van der Waals surface area contributed by atoms with Gasteiger partial charge in [0.25, 0.3) is 10.1 Å². The van der Waals surface area contributed by atoms with E-state index in [0.717, 1.165) is 24.6 Å². The zero-order chi connectivity index (χ0) is 15.8. The molecule has 1 radical (unpaired) electrons. The van der Waals surface area contributed by atoms with Gasteiger partial charge in [-0.05, 0) is 17.9 Å². The predicted molar refractivity (Wildman–Crippen MR) is 96.2 cm³/mol. The maximum absolute atomic E-state index is 12.4. The first-order valence-corrected chi connectivity index (χ1v) is 9.43. The van der Waals surface area contributed by atoms with Crippen LogP contribution in [-0.4, -0.2) is 66.4 Å². The van der Waals surface area contributed by atoms with E-state index >= 15 is 0 Å². The van der Waals surface area contributed by atoms with Crippen molar-refractivity contribution in [2.75, 3.05) is 6.61 Å². The summed E-state index contributed by atoms with van der Waals surface area (Å²) in [4.78, 5) is 0.261. The molecule has 0 saturated heterocycles. The second kappa shape index (κ2) is 11.0. The molecular weight excluding hydrogens is 335 g/mol. The van der Waals surface area contributed by atoms with Crippen LogP contribution in [0.5, 0.6) is 0 Å². The first kappa shape index (κ1) is 21.3. The summed E-state index contributed by atoms with van der Waals surface area (Å²) in [6.07, 6.45) is 6.62. The minimum atomic E-state index is -3.68. The van der Waals surface area contributed by atoms with E-state index in [2.05, 4.69) is 6.92 Å². The molecule has 121 valence electrons. The summed E-state index contributed by atoms with van der Waals surface area (Å²) < 4.78 is 29.9. The molecule has 0 atom stereocenters. The predicted octanol–water partition coefficient (Wildman–Crippen LogP) is 4.52. The second-order valence-electron chi connectivity index (χ2n) is 5.52. The minimum Gasteiger partial charge on any atom is -0.266 e. The monoisotopic (exact) mass is 359 g/mol. The third-order valence-corrected chi connectivity index (χ3v) is 5.13. The molecule has 0 spiro atoms. The van der Waals surface area contributed by atoms with Gasteiger partial charge in [-0.25, -0.2) is 0 Å². The zero-order valence-electron chi connectivity index (χ0n) is 14.1. The molecule has 0 aromatic heterocycles. The van der Waals surface area contributed by atoms with Gasteiger partial charge in [0.2, 0.25) is 0 Å². The van der Waals surface area contributed by atoms with Crippen molar-refractivity contribution in [1.29, 1.82) is 0 Å². The third kappa shape index (κ3) is 6.57. The molecule has 0 bridgehead atoms. The van der Waals surface area contributed by atoms with Crippen LogP contribution in [-0.2, 0) is 14.3 Å². The summed E-state index contributed by atoms with van der Waals surface area (Å²) in [5.74, 6) is 0. The summed E-state index contributed by atoms with van der Waals surface area (Å²) in [5, 5.41) is 1.62. The SMILES string of the molecule is CCCCCCCCOS(=O)(=O)c1cccc2ccccc12.[K]. The molecule has 0 saturated carbocycles. The van der Waals surface area contributed by atoms with Crippen LogP contribution in [0.4, 0.5) is 0 Å². The van der Waals surface area contributed by atoms with Gasteiger partial charge < -0.3 is 0 Å². The molecule has 0 amide bonds. The van der Waals surface area contributed by atoms with Gasteiger partial charge in [0.1, 0.15) is 4.90 Å². The van der Waals surface area contributed by atoms with Crippen molar-refractivity contribution in [2.24, 2.45) is 0 Å². The molecule has 5 heteroatoms. The van der Waals surface area contributed by atoms with E-state index in [1.54, 1.807) is 12.1 Å².